The molecule has 17 heavy (non-hydrogen) atoms. The fourth-order valence-corrected chi connectivity index (χ4v) is 1.01. The van der Waals surface area contributed by atoms with Crippen molar-refractivity contribution in [3.05, 3.63) is 0 Å². The number of esters is 2. The molecule has 0 spiro atoms. The second-order valence-electron chi connectivity index (χ2n) is 3.70. The van der Waals surface area contributed by atoms with Crippen molar-refractivity contribution in [3.63, 3.8) is 0 Å². The van der Waals surface area contributed by atoms with Crippen LogP contribution in [0.2, 0.25) is 0 Å². The second-order valence-corrected chi connectivity index (χ2v) is 3.70. The van der Waals surface area contributed by atoms with Crippen molar-refractivity contribution in [2.45, 2.75) is 45.6 Å². The number of hydrogen-bond donors (Lipinski definition) is 2. The SMILES string of the molecule is CNC(C)OC(=O)CCCC(=O)OC(C)NC. The van der Waals surface area contributed by atoms with Crippen molar-refractivity contribution >= 4 is 11.9 Å². The number of rotatable bonds is 8. The van der Waals surface area contributed by atoms with Crippen LogP contribution in [0.5, 0.6) is 0 Å². The second kappa shape index (κ2) is 8.95. The Hall–Kier alpha value is -1.14. The highest BCUT2D eigenvalue weighted by Crippen LogP contribution is 2.02. The van der Waals surface area contributed by atoms with Crippen LogP contribution in [0, 0.1) is 0 Å². The van der Waals surface area contributed by atoms with Crippen LogP contribution in [-0.4, -0.2) is 38.5 Å². The van der Waals surface area contributed by atoms with E-state index in [1.54, 1.807) is 27.9 Å². The van der Waals surface area contributed by atoms with Gasteiger partial charge in [-0.05, 0) is 34.4 Å². The van der Waals surface area contributed by atoms with Gasteiger partial charge in [-0.25, -0.2) is 0 Å². The summed E-state index contributed by atoms with van der Waals surface area (Å²) in [6.45, 7) is 3.47. The minimum atomic E-state index is -0.318. The molecule has 0 fully saturated rings. The first kappa shape index (κ1) is 15.9. The van der Waals surface area contributed by atoms with Crippen LogP contribution >= 0.6 is 0 Å². The zero-order valence-electron chi connectivity index (χ0n) is 10.9. The molecular weight excluding hydrogens is 224 g/mol. The number of carbonyl (C=O) groups is 2. The maximum absolute atomic E-state index is 11.2. The number of nitrogens with one attached hydrogen (secondary N) is 2. The lowest BCUT2D eigenvalue weighted by molar-refractivity contribution is -0.151. The highest BCUT2D eigenvalue weighted by Gasteiger charge is 2.11. The van der Waals surface area contributed by atoms with E-state index in [1.807, 2.05) is 0 Å². The van der Waals surface area contributed by atoms with Crippen LogP contribution in [0.25, 0.3) is 0 Å². The topological polar surface area (TPSA) is 76.7 Å². The number of carbonyl (C=O) groups excluding carboxylic acids is 2. The Labute approximate surface area is 102 Å². The first-order valence-corrected chi connectivity index (χ1v) is 5.73. The third-order valence-electron chi connectivity index (χ3n) is 2.19. The minimum absolute atomic E-state index is 0.217. The van der Waals surface area contributed by atoms with Crippen LogP contribution in [0.1, 0.15) is 33.1 Å². The highest BCUT2D eigenvalue weighted by atomic mass is 16.6. The molecule has 100 valence electrons. The summed E-state index contributed by atoms with van der Waals surface area (Å²) < 4.78 is 9.94. The van der Waals surface area contributed by atoms with E-state index in [-0.39, 0.29) is 37.2 Å². The molecule has 0 amide bonds. The first-order chi connectivity index (χ1) is 7.99. The quantitative estimate of drug-likeness (QED) is 0.476. The normalized spacial score (nSPS) is 13.9. The Kier molecular flexibility index (Phi) is 8.35. The molecule has 2 atom stereocenters. The third-order valence-corrected chi connectivity index (χ3v) is 2.19. The lowest BCUT2D eigenvalue weighted by Crippen LogP contribution is -2.28. The summed E-state index contributed by atoms with van der Waals surface area (Å²) in [4.78, 5) is 22.5. The van der Waals surface area contributed by atoms with Gasteiger partial charge in [0, 0.05) is 12.8 Å². The highest BCUT2D eigenvalue weighted by molar-refractivity contribution is 5.72. The first-order valence-electron chi connectivity index (χ1n) is 5.73. The van der Waals surface area contributed by atoms with Crippen LogP contribution in [0.3, 0.4) is 0 Å². The van der Waals surface area contributed by atoms with E-state index in [2.05, 4.69) is 10.6 Å². The van der Waals surface area contributed by atoms with Gasteiger partial charge in [-0.3, -0.25) is 20.2 Å². The summed E-state index contributed by atoms with van der Waals surface area (Å²) in [6.07, 6.45) is 0.256. The van der Waals surface area contributed by atoms with Gasteiger partial charge >= 0.3 is 11.9 Å². The van der Waals surface area contributed by atoms with Gasteiger partial charge in [-0.2, -0.15) is 0 Å². The maximum Gasteiger partial charge on any atom is 0.307 e. The summed E-state index contributed by atoms with van der Waals surface area (Å²) in [7, 11) is 3.41. The molecule has 0 heterocycles. The molecule has 0 aromatic heterocycles. The van der Waals surface area contributed by atoms with E-state index in [0.29, 0.717) is 6.42 Å². The number of ether oxygens (including phenoxy) is 2. The summed E-state index contributed by atoms with van der Waals surface area (Å²) in [5, 5.41) is 5.57. The Balaban J connectivity index is 3.62. The van der Waals surface area contributed by atoms with Gasteiger partial charge in [-0.15, -0.1) is 0 Å². The molecular formula is C11H22N2O4. The van der Waals surface area contributed by atoms with E-state index in [9.17, 15) is 9.59 Å². The van der Waals surface area contributed by atoms with Gasteiger partial charge in [0.15, 0.2) is 0 Å². The van der Waals surface area contributed by atoms with Crippen molar-refractivity contribution in [3.8, 4) is 0 Å². The average Bonchev–Trinajstić information content (AvgIpc) is 2.28. The van der Waals surface area contributed by atoms with Crippen LogP contribution in [0.4, 0.5) is 0 Å². The molecule has 0 radical (unpaired) electrons. The van der Waals surface area contributed by atoms with Crippen LogP contribution < -0.4 is 10.6 Å². The zero-order valence-corrected chi connectivity index (χ0v) is 10.9. The monoisotopic (exact) mass is 246 g/mol. The van der Waals surface area contributed by atoms with Crippen molar-refractivity contribution in [2.75, 3.05) is 14.1 Å². The fraction of sp³-hybridized carbons (Fsp3) is 0.818. The standard InChI is InChI=1S/C11H22N2O4/c1-8(12-3)16-10(14)6-5-7-11(15)17-9(2)13-4/h8-9,12-13H,5-7H2,1-4H3. The molecule has 0 bridgehead atoms. The largest absolute Gasteiger partial charge is 0.447 e. The molecule has 0 aliphatic rings. The van der Waals surface area contributed by atoms with Crippen molar-refractivity contribution in [2.24, 2.45) is 0 Å². The molecule has 0 saturated carbocycles. The van der Waals surface area contributed by atoms with E-state index in [1.165, 1.54) is 0 Å². The van der Waals surface area contributed by atoms with Crippen molar-refractivity contribution in [1.29, 1.82) is 0 Å². The molecule has 6 heteroatoms. The van der Waals surface area contributed by atoms with E-state index in [0.717, 1.165) is 0 Å². The zero-order chi connectivity index (χ0) is 13.3. The Morgan fingerprint density at radius 1 is 0.941 bits per heavy atom. The minimum Gasteiger partial charge on any atom is -0.447 e. The molecule has 0 aromatic rings. The predicted octanol–water partition coefficient (Wildman–Crippen LogP) is 0.374. The summed E-state index contributed by atoms with van der Waals surface area (Å²) in [6, 6.07) is 0. The van der Waals surface area contributed by atoms with Gasteiger partial charge in [0.1, 0.15) is 12.5 Å². The summed E-state index contributed by atoms with van der Waals surface area (Å²) >= 11 is 0. The molecule has 0 aromatic carbocycles. The molecule has 6 nitrogen and oxygen atoms in total. The van der Waals surface area contributed by atoms with E-state index in [4.69, 9.17) is 9.47 Å². The lowest BCUT2D eigenvalue weighted by atomic mass is 10.2. The Morgan fingerprint density at radius 2 is 1.29 bits per heavy atom. The van der Waals surface area contributed by atoms with Crippen molar-refractivity contribution < 1.29 is 19.1 Å². The molecule has 2 unspecified atom stereocenters. The van der Waals surface area contributed by atoms with Crippen molar-refractivity contribution in [1.82, 2.24) is 10.6 Å². The van der Waals surface area contributed by atoms with Crippen LogP contribution in [0.15, 0.2) is 0 Å². The van der Waals surface area contributed by atoms with Gasteiger partial charge in [-0.1, -0.05) is 0 Å². The molecule has 0 aliphatic heterocycles. The molecule has 0 saturated heterocycles. The Morgan fingerprint density at radius 3 is 1.59 bits per heavy atom. The van der Waals surface area contributed by atoms with Crippen LogP contribution in [-0.2, 0) is 19.1 Å². The predicted molar refractivity (Wildman–Crippen MR) is 63.1 cm³/mol. The Bertz CT molecular complexity index is 222. The maximum atomic E-state index is 11.2. The summed E-state index contributed by atoms with van der Waals surface area (Å²) in [5.74, 6) is -0.636. The molecule has 2 N–H and O–H groups in total. The van der Waals surface area contributed by atoms with E-state index >= 15 is 0 Å². The van der Waals surface area contributed by atoms with Gasteiger partial charge in [0.2, 0.25) is 0 Å². The number of hydrogen-bond acceptors (Lipinski definition) is 6. The van der Waals surface area contributed by atoms with Gasteiger partial charge < -0.3 is 9.47 Å². The molecule has 0 rings (SSSR count). The van der Waals surface area contributed by atoms with E-state index < -0.39 is 0 Å². The smallest absolute Gasteiger partial charge is 0.307 e. The molecule has 0 aliphatic carbocycles. The summed E-state index contributed by atoms with van der Waals surface area (Å²) in [5.41, 5.74) is 0. The average molecular weight is 246 g/mol. The lowest BCUT2D eigenvalue weighted by Gasteiger charge is -2.12. The fourth-order valence-electron chi connectivity index (χ4n) is 1.01. The van der Waals surface area contributed by atoms with Gasteiger partial charge in [0.05, 0.1) is 0 Å². The third kappa shape index (κ3) is 8.65. The van der Waals surface area contributed by atoms with Gasteiger partial charge in [0.25, 0.3) is 0 Å².